The van der Waals surface area contributed by atoms with Gasteiger partial charge in [-0.25, -0.2) is 10.2 Å². The minimum atomic E-state index is -0.551. The fourth-order valence-electron chi connectivity index (χ4n) is 3.05. The minimum absolute atomic E-state index is 0.0791. The number of hydrogen-bond donors (Lipinski definition) is 1. The zero-order valence-corrected chi connectivity index (χ0v) is 20.9. The van der Waals surface area contributed by atoms with Crippen LogP contribution in [0.25, 0.3) is 0 Å². The summed E-state index contributed by atoms with van der Waals surface area (Å²) in [6, 6.07) is 16.8. The number of carbonyl (C=O) groups is 2. The molecule has 11 heteroatoms. The molecule has 0 fully saturated rings. The average molecular weight is 522 g/mol. The predicted octanol–water partition coefficient (Wildman–Crippen LogP) is 4.53. The Hall–Kier alpha value is -4.93. The lowest BCUT2D eigenvalue weighted by Crippen LogP contribution is -2.24. The van der Waals surface area contributed by atoms with Crippen molar-refractivity contribution in [1.82, 2.24) is 5.43 Å². The molecule has 1 N–H and O–H groups in total. The van der Waals surface area contributed by atoms with Gasteiger partial charge in [0.25, 0.3) is 11.6 Å². The highest BCUT2D eigenvalue weighted by Gasteiger charge is 2.13. The molecule has 0 saturated heterocycles. The standard InChI is InChI=1S/C27H27N3O8/c1-3-4-15-36-22-10-6-20(7-11-22)27(32)38-24-14-5-19(16-25(24)35-2)17-28-29-26(31)18-37-23-12-8-21(9-13-23)30(33)34/h5-14,16-17H,3-4,15,18H2,1-2H3,(H,29,31). The van der Waals surface area contributed by atoms with Crippen LogP contribution in [0.15, 0.2) is 71.8 Å². The Bertz CT molecular complexity index is 1270. The molecule has 0 spiro atoms. The van der Waals surface area contributed by atoms with Crippen LogP contribution in [0.3, 0.4) is 0 Å². The molecule has 0 saturated carbocycles. The van der Waals surface area contributed by atoms with Gasteiger partial charge in [0.1, 0.15) is 11.5 Å². The maximum absolute atomic E-state index is 12.6. The highest BCUT2D eigenvalue weighted by molar-refractivity contribution is 5.92. The lowest BCUT2D eigenvalue weighted by Gasteiger charge is -2.10. The van der Waals surface area contributed by atoms with Crippen LogP contribution in [-0.2, 0) is 4.79 Å². The molecule has 3 rings (SSSR count). The number of non-ortho nitro benzene ring substituents is 1. The van der Waals surface area contributed by atoms with Crippen molar-refractivity contribution < 1.29 is 33.5 Å². The molecule has 0 aliphatic rings. The Kier molecular flexibility index (Phi) is 10.2. The number of carbonyl (C=O) groups excluding carboxylic acids is 2. The number of nitrogens with one attached hydrogen (secondary N) is 1. The summed E-state index contributed by atoms with van der Waals surface area (Å²) in [5, 5.41) is 14.5. The summed E-state index contributed by atoms with van der Waals surface area (Å²) in [5.74, 6) is 0.430. The third-order valence-corrected chi connectivity index (χ3v) is 5.07. The van der Waals surface area contributed by atoms with Crippen molar-refractivity contribution in [2.75, 3.05) is 20.3 Å². The number of nitro groups is 1. The van der Waals surface area contributed by atoms with Gasteiger partial charge in [0.2, 0.25) is 0 Å². The van der Waals surface area contributed by atoms with Gasteiger partial charge in [0.15, 0.2) is 18.1 Å². The normalized spacial score (nSPS) is 10.6. The van der Waals surface area contributed by atoms with Gasteiger partial charge in [-0.05, 0) is 66.6 Å². The number of rotatable bonds is 13. The van der Waals surface area contributed by atoms with Gasteiger partial charge in [0, 0.05) is 12.1 Å². The van der Waals surface area contributed by atoms with Crippen LogP contribution < -0.4 is 24.4 Å². The zero-order valence-electron chi connectivity index (χ0n) is 20.9. The first-order valence-electron chi connectivity index (χ1n) is 11.7. The highest BCUT2D eigenvalue weighted by atomic mass is 16.6. The Labute approximate surface area is 219 Å². The number of hydrogen-bond acceptors (Lipinski definition) is 9. The number of hydrazone groups is 1. The van der Waals surface area contributed by atoms with Crippen molar-refractivity contribution >= 4 is 23.8 Å². The molecule has 0 aromatic heterocycles. The van der Waals surface area contributed by atoms with Gasteiger partial charge >= 0.3 is 5.97 Å². The van der Waals surface area contributed by atoms with Crippen molar-refractivity contribution in [2.24, 2.45) is 5.10 Å². The van der Waals surface area contributed by atoms with Crippen molar-refractivity contribution in [3.8, 4) is 23.0 Å². The van der Waals surface area contributed by atoms with E-state index in [0.717, 1.165) is 12.8 Å². The third-order valence-electron chi connectivity index (χ3n) is 5.07. The largest absolute Gasteiger partial charge is 0.494 e. The topological polar surface area (TPSA) is 139 Å². The molecule has 0 bridgehead atoms. The Morgan fingerprint density at radius 3 is 2.32 bits per heavy atom. The van der Waals surface area contributed by atoms with Crippen LogP contribution in [-0.4, -0.2) is 43.3 Å². The summed E-state index contributed by atoms with van der Waals surface area (Å²) >= 11 is 0. The Balaban J connectivity index is 1.51. The first-order chi connectivity index (χ1) is 18.4. The van der Waals surface area contributed by atoms with E-state index in [-0.39, 0.29) is 18.0 Å². The Morgan fingerprint density at radius 2 is 1.66 bits per heavy atom. The van der Waals surface area contributed by atoms with Gasteiger partial charge in [-0.2, -0.15) is 5.10 Å². The van der Waals surface area contributed by atoms with Crippen LogP contribution in [0.4, 0.5) is 5.69 Å². The number of benzene rings is 3. The molecule has 11 nitrogen and oxygen atoms in total. The van der Waals surface area contributed by atoms with E-state index >= 15 is 0 Å². The van der Waals surface area contributed by atoms with Crippen molar-refractivity contribution in [3.63, 3.8) is 0 Å². The lowest BCUT2D eigenvalue weighted by atomic mass is 10.2. The fraction of sp³-hybridized carbons (Fsp3) is 0.222. The number of ether oxygens (including phenoxy) is 4. The number of amides is 1. The number of nitrogens with zero attached hydrogens (tertiary/aromatic N) is 2. The van der Waals surface area contributed by atoms with Crippen LogP contribution >= 0.6 is 0 Å². The molecule has 0 atom stereocenters. The van der Waals surface area contributed by atoms with E-state index in [4.69, 9.17) is 18.9 Å². The maximum Gasteiger partial charge on any atom is 0.343 e. The van der Waals surface area contributed by atoms with Gasteiger partial charge < -0.3 is 18.9 Å². The summed E-state index contributed by atoms with van der Waals surface area (Å²) in [6.07, 6.45) is 3.37. The number of methoxy groups -OCH3 is 1. The van der Waals surface area contributed by atoms with E-state index in [0.29, 0.717) is 35.0 Å². The molecule has 3 aromatic carbocycles. The van der Waals surface area contributed by atoms with Crippen molar-refractivity contribution in [2.45, 2.75) is 19.8 Å². The maximum atomic E-state index is 12.6. The Morgan fingerprint density at radius 1 is 0.974 bits per heavy atom. The summed E-state index contributed by atoms with van der Waals surface area (Å²) in [7, 11) is 1.44. The first-order valence-corrected chi connectivity index (χ1v) is 11.7. The average Bonchev–Trinajstić information content (AvgIpc) is 2.93. The van der Waals surface area contributed by atoms with Crippen LogP contribution in [0.2, 0.25) is 0 Å². The summed E-state index contributed by atoms with van der Waals surface area (Å²) in [6.45, 7) is 2.37. The van der Waals surface area contributed by atoms with Gasteiger partial charge in [-0.3, -0.25) is 14.9 Å². The molecule has 198 valence electrons. The molecule has 0 heterocycles. The van der Waals surface area contributed by atoms with Crippen molar-refractivity contribution in [1.29, 1.82) is 0 Å². The molecular formula is C27H27N3O8. The molecule has 38 heavy (non-hydrogen) atoms. The number of nitro benzene ring substituents is 1. The molecular weight excluding hydrogens is 494 g/mol. The van der Waals surface area contributed by atoms with Crippen molar-refractivity contribution in [3.05, 3.63) is 88.0 Å². The van der Waals surface area contributed by atoms with Gasteiger partial charge in [-0.15, -0.1) is 0 Å². The van der Waals surface area contributed by atoms with E-state index in [1.54, 1.807) is 42.5 Å². The minimum Gasteiger partial charge on any atom is -0.494 e. The lowest BCUT2D eigenvalue weighted by molar-refractivity contribution is -0.384. The van der Waals surface area contributed by atoms with E-state index in [1.165, 1.54) is 37.6 Å². The van der Waals surface area contributed by atoms with Crippen LogP contribution in [0.1, 0.15) is 35.7 Å². The monoisotopic (exact) mass is 521 g/mol. The first kappa shape index (κ1) is 27.7. The second-order valence-corrected chi connectivity index (χ2v) is 7.86. The molecule has 0 aliphatic carbocycles. The molecule has 3 aromatic rings. The van der Waals surface area contributed by atoms with E-state index < -0.39 is 16.8 Å². The molecule has 0 aliphatic heterocycles. The second kappa shape index (κ2) is 14.0. The van der Waals surface area contributed by atoms with Gasteiger partial charge in [-0.1, -0.05) is 13.3 Å². The van der Waals surface area contributed by atoms with Crippen LogP contribution in [0, 0.1) is 10.1 Å². The summed E-state index contributed by atoms with van der Waals surface area (Å²) in [5.41, 5.74) is 3.18. The number of unbranched alkanes of at least 4 members (excludes halogenated alkanes) is 1. The van der Waals surface area contributed by atoms with Gasteiger partial charge in [0.05, 0.1) is 30.4 Å². The smallest absolute Gasteiger partial charge is 0.343 e. The van der Waals surface area contributed by atoms with E-state index in [1.807, 2.05) is 0 Å². The highest BCUT2D eigenvalue weighted by Crippen LogP contribution is 2.28. The fourth-order valence-corrected chi connectivity index (χ4v) is 3.05. The third kappa shape index (κ3) is 8.33. The molecule has 1 amide bonds. The predicted molar refractivity (Wildman–Crippen MR) is 139 cm³/mol. The summed E-state index contributed by atoms with van der Waals surface area (Å²) < 4.78 is 21.7. The quantitative estimate of drug-likeness (QED) is 0.0864. The molecule has 0 radical (unpaired) electrons. The van der Waals surface area contributed by atoms with E-state index in [2.05, 4.69) is 17.5 Å². The summed E-state index contributed by atoms with van der Waals surface area (Å²) in [4.78, 5) is 34.7. The number of esters is 1. The molecule has 0 unspecified atom stereocenters. The van der Waals surface area contributed by atoms with Crippen LogP contribution in [0.5, 0.6) is 23.0 Å². The zero-order chi connectivity index (χ0) is 27.3. The SMILES string of the molecule is CCCCOc1ccc(C(=O)Oc2ccc(C=NNC(=O)COc3ccc([N+](=O)[O-])cc3)cc2OC)cc1. The second-order valence-electron chi connectivity index (χ2n) is 7.86. The van der Waals surface area contributed by atoms with E-state index in [9.17, 15) is 19.7 Å².